The fourth-order valence-electron chi connectivity index (χ4n) is 2.78. The number of nitrogens with zero attached hydrogens (tertiary/aromatic N) is 2. The zero-order valence-corrected chi connectivity index (χ0v) is 15.1. The molecular weight excluding hydrogens is 344 g/mol. The van der Waals surface area contributed by atoms with Crippen LogP contribution in [0, 0.1) is 6.92 Å². The molecule has 138 valence electrons. The van der Waals surface area contributed by atoms with Crippen molar-refractivity contribution < 1.29 is 5.11 Å². The van der Waals surface area contributed by atoms with Crippen LogP contribution < -0.4 is 17.0 Å². The van der Waals surface area contributed by atoms with E-state index >= 15 is 0 Å². The number of nitrogen functional groups attached to an aromatic ring is 1. The molecule has 27 heavy (non-hydrogen) atoms. The topological polar surface area (TPSA) is 113 Å². The van der Waals surface area contributed by atoms with Crippen molar-refractivity contribution in [2.75, 3.05) is 5.73 Å². The number of aromatic hydroxyl groups is 1. The number of aromatic nitrogens is 2. The summed E-state index contributed by atoms with van der Waals surface area (Å²) < 4.78 is 1.06. The van der Waals surface area contributed by atoms with Gasteiger partial charge in [0.25, 0.3) is 5.56 Å². The van der Waals surface area contributed by atoms with Gasteiger partial charge in [-0.05, 0) is 43.7 Å². The lowest BCUT2D eigenvalue weighted by atomic mass is 10.1. The second kappa shape index (κ2) is 7.33. The number of hydrogen-bond donors (Lipinski definition) is 3. The van der Waals surface area contributed by atoms with E-state index in [0.29, 0.717) is 29.2 Å². The summed E-state index contributed by atoms with van der Waals surface area (Å²) in [5.74, 6) is -0.447. The van der Waals surface area contributed by atoms with Gasteiger partial charge in [-0.25, -0.2) is 9.36 Å². The lowest BCUT2D eigenvalue weighted by Gasteiger charge is -2.12. The van der Waals surface area contributed by atoms with Crippen LogP contribution in [0.4, 0.5) is 11.4 Å². The third-order valence-electron chi connectivity index (χ3n) is 4.14. The summed E-state index contributed by atoms with van der Waals surface area (Å²) in [6, 6.07) is 13.9. The van der Waals surface area contributed by atoms with Crippen LogP contribution in [-0.2, 0) is 0 Å². The lowest BCUT2D eigenvalue weighted by molar-refractivity contribution is 0.429. The molecule has 0 aliphatic heterocycles. The van der Waals surface area contributed by atoms with Crippen LogP contribution in [0.15, 0.2) is 63.1 Å². The number of benzene rings is 2. The van der Waals surface area contributed by atoms with Crippen molar-refractivity contribution in [3.05, 3.63) is 80.5 Å². The number of hydrogen-bond acceptors (Lipinski definition) is 5. The summed E-state index contributed by atoms with van der Waals surface area (Å²) in [5, 5.41) is 10.7. The fraction of sp³-hybridized carbons (Fsp3) is 0.150. The van der Waals surface area contributed by atoms with Crippen molar-refractivity contribution in [2.45, 2.75) is 20.3 Å². The Morgan fingerprint density at radius 1 is 1.19 bits per heavy atom. The van der Waals surface area contributed by atoms with Gasteiger partial charge >= 0.3 is 5.69 Å². The second-order valence-corrected chi connectivity index (χ2v) is 6.14. The van der Waals surface area contributed by atoms with Gasteiger partial charge < -0.3 is 10.8 Å². The first-order valence-corrected chi connectivity index (χ1v) is 8.49. The number of rotatable bonds is 4. The Morgan fingerprint density at radius 2 is 1.89 bits per heavy atom. The van der Waals surface area contributed by atoms with Crippen molar-refractivity contribution in [3.8, 4) is 11.6 Å². The van der Waals surface area contributed by atoms with Crippen molar-refractivity contribution in [3.63, 3.8) is 0 Å². The second-order valence-electron chi connectivity index (χ2n) is 6.14. The van der Waals surface area contributed by atoms with E-state index in [1.165, 1.54) is 0 Å². The van der Waals surface area contributed by atoms with E-state index in [1.54, 1.807) is 36.4 Å². The Balaban J connectivity index is 2.23. The highest BCUT2D eigenvalue weighted by Crippen LogP contribution is 2.22. The molecule has 7 nitrogen and oxygen atoms in total. The van der Waals surface area contributed by atoms with Gasteiger partial charge in [-0.15, -0.1) is 0 Å². The first-order chi connectivity index (χ1) is 12.9. The van der Waals surface area contributed by atoms with Gasteiger partial charge in [-0.2, -0.15) is 0 Å². The van der Waals surface area contributed by atoms with Crippen molar-refractivity contribution in [1.29, 1.82) is 0 Å². The van der Waals surface area contributed by atoms with E-state index in [-0.39, 0.29) is 5.56 Å². The highest BCUT2D eigenvalue weighted by molar-refractivity contribution is 6.03. The van der Waals surface area contributed by atoms with Crippen LogP contribution in [0.25, 0.3) is 5.69 Å². The average Bonchev–Trinajstić information content (AvgIpc) is 2.62. The van der Waals surface area contributed by atoms with Crippen LogP contribution in [-0.4, -0.2) is 20.4 Å². The molecule has 3 rings (SSSR count). The minimum absolute atomic E-state index is 0.0416. The number of H-pyrrole nitrogens is 1. The molecule has 0 spiro atoms. The number of nitrogens with two attached hydrogens (primary N) is 1. The summed E-state index contributed by atoms with van der Waals surface area (Å²) in [4.78, 5) is 31.4. The smallest absolute Gasteiger partial charge is 0.335 e. The molecule has 0 bridgehead atoms. The van der Waals surface area contributed by atoms with Crippen molar-refractivity contribution in [2.24, 2.45) is 4.99 Å². The summed E-state index contributed by atoms with van der Waals surface area (Å²) >= 11 is 0. The maximum absolute atomic E-state index is 12.4. The summed E-state index contributed by atoms with van der Waals surface area (Å²) in [6.45, 7) is 3.73. The van der Waals surface area contributed by atoms with E-state index < -0.39 is 17.1 Å². The molecule has 0 amide bonds. The minimum Gasteiger partial charge on any atom is -0.493 e. The average molecular weight is 364 g/mol. The SMILES string of the molecule is CCC(=Nc1cccc(N)c1)c1c(O)n(-c2ccc(C)cc2)c(=O)[nH]c1=O. The van der Waals surface area contributed by atoms with Crippen LogP contribution in [0.5, 0.6) is 5.88 Å². The molecule has 1 heterocycles. The number of aryl methyl sites for hydroxylation is 1. The van der Waals surface area contributed by atoms with Gasteiger partial charge in [0, 0.05) is 5.69 Å². The van der Waals surface area contributed by atoms with E-state index in [4.69, 9.17) is 5.73 Å². The Labute approximate surface area is 155 Å². The molecule has 0 atom stereocenters. The molecule has 0 radical (unpaired) electrons. The van der Waals surface area contributed by atoms with E-state index in [1.807, 2.05) is 26.0 Å². The van der Waals surface area contributed by atoms with Crippen LogP contribution >= 0.6 is 0 Å². The molecule has 3 aromatic rings. The van der Waals surface area contributed by atoms with Crippen LogP contribution in [0.1, 0.15) is 24.5 Å². The molecule has 2 aromatic carbocycles. The van der Waals surface area contributed by atoms with Crippen molar-refractivity contribution in [1.82, 2.24) is 9.55 Å². The molecule has 0 fully saturated rings. The lowest BCUT2D eigenvalue weighted by Crippen LogP contribution is -2.33. The zero-order chi connectivity index (χ0) is 19.6. The third-order valence-corrected chi connectivity index (χ3v) is 4.14. The van der Waals surface area contributed by atoms with Gasteiger partial charge in [-0.3, -0.25) is 14.8 Å². The molecule has 0 saturated heterocycles. The number of anilines is 1. The zero-order valence-electron chi connectivity index (χ0n) is 15.1. The first kappa shape index (κ1) is 18.2. The monoisotopic (exact) mass is 364 g/mol. The van der Waals surface area contributed by atoms with E-state index in [0.717, 1.165) is 10.1 Å². The standard InChI is InChI=1S/C20H20N4O3/c1-3-16(22-14-6-4-5-13(21)11-14)17-18(25)23-20(27)24(19(17)26)15-9-7-12(2)8-10-15/h4-11,26H,3,21H2,1-2H3,(H,23,25,27). The predicted octanol–water partition coefficient (Wildman–Crippen LogP) is 2.65. The Bertz CT molecular complexity index is 1130. The highest BCUT2D eigenvalue weighted by atomic mass is 16.3. The molecule has 0 aliphatic carbocycles. The largest absolute Gasteiger partial charge is 0.493 e. The maximum atomic E-state index is 12.4. The number of nitrogens with one attached hydrogen (secondary N) is 1. The number of aliphatic imine (C=N–C) groups is 1. The Morgan fingerprint density at radius 3 is 2.52 bits per heavy atom. The van der Waals surface area contributed by atoms with Gasteiger partial charge in [0.2, 0.25) is 5.88 Å². The van der Waals surface area contributed by atoms with E-state index in [2.05, 4.69) is 9.98 Å². The Kier molecular flexibility index (Phi) is 4.94. The van der Waals surface area contributed by atoms with Gasteiger partial charge in [0.05, 0.1) is 17.1 Å². The predicted molar refractivity (Wildman–Crippen MR) is 106 cm³/mol. The highest BCUT2D eigenvalue weighted by Gasteiger charge is 2.19. The molecular formula is C20H20N4O3. The van der Waals surface area contributed by atoms with Crippen LogP contribution in [0.2, 0.25) is 0 Å². The normalized spacial score (nSPS) is 11.6. The fourth-order valence-corrected chi connectivity index (χ4v) is 2.78. The quantitative estimate of drug-likeness (QED) is 0.488. The molecule has 4 N–H and O–H groups in total. The first-order valence-electron chi connectivity index (χ1n) is 8.49. The molecule has 0 unspecified atom stereocenters. The van der Waals surface area contributed by atoms with Gasteiger partial charge in [0.1, 0.15) is 5.56 Å². The molecule has 1 aromatic heterocycles. The van der Waals surface area contributed by atoms with Crippen molar-refractivity contribution >= 4 is 17.1 Å². The summed E-state index contributed by atoms with van der Waals surface area (Å²) in [7, 11) is 0. The third kappa shape index (κ3) is 3.67. The number of aromatic amines is 1. The molecule has 0 saturated carbocycles. The summed E-state index contributed by atoms with van der Waals surface area (Å²) in [6.07, 6.45) is 0.373. The van der Waals surface area contributed by atoms with E-state index in [9.17, 15) is 14.7 Å². The summed E-state index contributed by atoms with van der Waals surface area (Å²) in [5.41, 5.74) is 7.22. The van der Waals surface area contributed by atoms with Gasteiger partial charge in [-0.1, -0.05) is 30.7 Å². The van der Waals surface area contributed by atoms with Crippen LogP contribution in [0.3, 0.4) is 0 Å². The van der Waals surface area contributed by atoms with Gasteiger partial charge in [0.15, 0.2) is 0 Å². The Hall–Kier alpha value is -3.61. The minimum atomic E-state index is -0.718. The molecule has 7 heteroatoms. The molecule has 0 aliphatic rings. The maximum Gasteiger partial charge on any atom is 0.335 e.